The molecule has 2 aromatic rings. The Bertz CT molecular complexity index is 741. The van der Waals surface area contributed by atoms with Crippen LogP contribution in [0.1, 0.15) is 48.6 Å². The number of rotatable bonds is 3. The Morgan fingerprint density at radius 3 is 1.89 bits per heavy atom. The lowest BCUT2D eigenvalue weighted by Gasteiger charge is -2.37. The summed E-state index contributed by atoms with van der Waals surface area (Å²) in [5, 5.41) is 0. The van der Waals surface area contributed by atoms with E-state index >= 15 is 0 Å². The minimum Gasteiger partial charge on any atom is -0.352 e. The molecule has 144 valence electrons. The number of ether oxygens (including phenoxy) is 2. The summed E-state index contributed by atoms with van der Waals surface area (Å²) in [6.45, 7) is 1.28. The topological polar surface area (TPSA) is 18.5 Å². The third kappa shape index (κ3) is 4.04. The zero-order valence-electron chi connectivity index (χ0n) is 15.0. The van der Waals surface area contributed by atoms with Crippen molar-refractivity contribution in [2.75, 3.05) is 13.2 Å². The average Bonchev–Trinajstić information content (AvgIpc) is 2.72. The summed E-state index contributed by atoms with van der Waals surface area (Å²) in [5.41, 5.74) is 1.76. The molecule has 0 unspecified atom stereocenters. The van der Waals surface area contributed by atoms with E-state index in [1.807, 2.05) is 18.2 Å². The monoisotopic (exact) mass is 376 g/mol. The van der Waals surface area contributed by atoms with Gasteiger partial charge in [-0.3, -0.25) is 0 Å². The highest BCUT2D eigenvalue weighted by molar-refractivity contribution is 5.24. The molecule has 2 nitrogen and oxygen atoms in total. The molecule has 1 heterocycles. The zero-order valence-corrected chi connectivity index (χ0v) is 15.0. The molecule has 1 aliphatic carbocycles. The predicted octanol–water partition coefficient (Wildman–Crippen LogP) is 5.53. The van der Waals surface area contributed by atoms with Crippen molar-refractivity contribution in [2.45, 2.75) is 43.8 Å². The highest BCUT2D eigenvalue weighted by Crippen LogP contribution is 2.40. The first-order valence-corrected chi connectivity index (χ1v) is 9.54. The summed E-state index contributed by atoms with van der Waals surface area (Å²) >= 11 is 0. The van der Waals surface area contributed by atoms with E-state index in [1.165, 1.54) is 5.56 Å². The van der Waals surface area contributed by atoms with E-state index < -0.39 is 17.5 Å². The van der Waals surface area contributed by atoms with Crippen molar-refractivity contribution in [3.63, 3.8) is 0 Å². The number of benzene rings is 2. The van der Waals surface area contributed by atoms with Gasteiger partial charge < -0.3 is 9.47 Å². The van der Waals surface area contributed by atoms with Crippen LogP contribution in [-0.2, 0) is 9.47 Å². The van der Waals surface area contributed by atoms with Crippen LogP contribution in [0.25, 0.3) is 0 Å². The number of hydrogen-bond donors (Lipinski definition) is 0. The molecule has 0 N–H and O–H groups in total. The van der Waals surface area contributed by atoms with Crippen LogP contribution in [0.4, 0.5) is 13.2 Å². The third-order valence-electron chi connectivity index (χ3n) is 5.83. The van der Waals surface area contributed by atoms with E-state index in [4.69, 9.17) is 9.47 Å². The molecule has 27 heavy (non-hydrogen) atoms. The quantitative estimate of drug-likeness (QED) is 0.656. The molecule has 1 aliphatic heterocycles. The Hall–Kier alpha value is -1.85. The van der Waals surface area contributed by atoms with Gasteiger partial charge in [-0.15, -0.1) is 0 Å². The second kappa shape index (κ2) is 8.03. The summed E-state index contributed by atoms with van der Waals surface area (Å²) in [5.74, 6) is -3.04. The van der Waals surface area contributed by atoms with Gasteiger partial charge in [0.05, 0.1) is 13.2 Å². The normalized spacial score (nSPS) is 28.9. The first kappa shape index (κ1) is 18.5. The zero-order chi connectivity index (χ0) is 18.8. The van der Waals surface area contributed by atoms with E-state index in [9.17, 15) is 13.2 Å². The molecule has 0 bridgehead atoms. The number of hydrogen-bond acceptors (Lipinski definition) is 2. The van der Waals surface area contributed by atoms with Crippen molar-refractivity contribution >= 4 is 0 Å². The smallest absolute Gasteiger partial charge is 0.194 e. The Morgan fingerprint density at radius 2 is 1.30 bits per heavy atom. The van der Waals surface area contributed by atoms with Gasteiger partial charge in [0.25, 0.3) is 0 Å². The molecule has 4 rings (SSSR count). The van der Waals surface area contributed by atoms with Gasteiger partial charge in [-0.1, -0.05) is 30.3 Å². The Balaban J connectivity index is 1.31. The Morgan fingerprint density at radius 1 is 0.704 bits per heavy atom. The molecule has 2 fully saturated rings. The van der Waals surface area contributed by atoms with E-state index in [0.29, 0.717) is 18.8 Å². The summed E-state index contributed by atoms with van der Waals surface area (Å²) < 4.78 is 52.1. The molecular weight excluding hydrogens is 353 g/mol. The SMILES string of the molecule is Fc1cc(C2CCC(C3OCC(c4ccccc4)CO3)CC2)cc(F)c1F. The van der Waals surface area contributed by atoms with Crippen LogP contribution in [0.15, 0.2) is 42.5 Å². The average molecular weight is 376 g/mol. The molecule has 1 saturated heterocycles. The fourth-order valence-electron chi connectivity index (χ4n) is 4.24. The van der Waals surface area contributed by atoms with Gasteiger partial charge in [-0.2, -0.15) is 0 Å². The molecule has 1 saturated carbocycles. The van der Waals surface area contributed by atoms with E-state index in [2.05, 4.69) is 12.1 Å². The van der Waals surface area contributed by atoms with Gasteiger partial charge in [0.15, 0.2) is 23.7 Å². The molecule has 0 atom stereocenters. The molecule has 0 radical (unpaired) electrons. The van der Waals surface area contributed by atoms with Crippen molar-refractivity contribution in [3.8, 4) is 0 Å². The minimum absolute atomic E-state index is 0.0477. The van der Waals surface area contributed by atoms with Crippen molar-refractivity contribution in [2.24, 2.45) is 5.92 Å². The third-order valence-corrected chi connectivity index (χ3v) is 5.83. The van der Waals surface area contributed by atoms with Crippen LogP contribution in [0.5, 0.6) is 0 Å². The lowest BCUT2D eigenvalue weighted by atomic mass is 9.78. The van der Waals surface area contributed by atoms with Crippen molar-refractivity contribution in [3.05, 3.63) is 71.0 Å². The van der Waals surface area contributed by atoms with Gasteiger partial charge >= 0.3 is 0 Å². The first-order valence-electron chi connectivity index (χ1n) is 9.54. The maximum absolute atomic E-state index is 13.5. The summed E-state index contributed by atoms with van der Waals surface area (Å²) in [6.07, 6.45) is 3.10. The molecule has 2 aromatic carbocycles. The van der Waals surface area contributed by atoms with Crippen LogP contribution >= 0.6 is 0 Å². The fraction of sp³-hybridized carbons (Fsp3) is 0.455. The summed E-state index contributed by atoms with van der Waals surface area (Å²) in [4.78, 5) is 0. The van der Waals surface area contributed by atoms with E-state index in [1.54, 1.807) is 0 Å². The van der Waals surface area contributed by atoms with Gasteiger partial charge in [0.1, 0.15) is 0 Å². The van der Waals surface area contributed by atoms with Crippen molar-refractivity contribution in [1.29, 1.82) is 0 Å². The highest BCUT2D eigenvalue weighted by Gasteiger charge is 2.33. The Labute approximate surface area is 157 Å². The van der Waals surface area contributed by atoms with Gasteiger partial charge in [-0.25, -0.2) is 13.2 Å². The van der Waals surface area contributed by atoms with E-state index in [-0.39, 0.29) is 24.0 Å². The van der Waals surface area contributed by atoms with Gasteiger partial charge in [0.2, 0.25) is 0 Å². The molecular formula is C22H23F3O2. The Kier molecular flexibility index (Phi) is 5.50. The van der Waals surface area contributed by atoms with Crippen molar-refractivity contribution < 1.29 is 22.6 Å². The highest BCUT2D eigenvalue weighted by atomic mass is 19.2. The molecule has 0 amide bonds. The van der Waals surface area contributed by atoms with Crippen LogP contribution in [0.3, 0.4) is 0 Å². The molecule has 0 spiro atoms. The largest absolute Gasteiger partial charge is 0.352 e. The van der Waals surface area contributed by atoms with Crippen LogP contribution < -0.4 is 0 Å². The second-order valence-electron chi connectivity index (χ2n) is 7.55. The maximum atomic E-state index is 13.5. The van der Waals surface area contributed by atoms with E-state index in [0.717, 1.165) is 37.8 Å². The van der Waals surface area contributed by atoms with Crippen LogP contribution in [-0.4, -0.2) is 19.5 Å². The second-order valence-corrected chi connectivity index (χ2v) is 7.55. The molecule has 2 aliphatic rings. The standard InChI is InChI=1S/C22H23F3O2/c23-19-10-17(11-20(24)21(19)25)15-6-8-16(9-7-15)22-26-12-18(13-27-22)14-4-2-1-3-5-14/h1-5,10-11,15-16,18,22H,6-9,12-13H2. The maximum Gasteiger partial charge on any atom is 0.194 e. The fourth-order valence-corrected chi connectivity index (χ4v) is 4.24. The van der Waals surface area contributed by atoms with Gasteiger partial charge in [-0.05, 0) is 54.9 Å². The van der Waals surface area contributed by atoms with Crippen LogP contribution in [0.2, 0.25) is 0 Å². The summed E-state index contributed by atoms with van der Waals surface area (Å²) in [7, 11) is 0. The molecule has 5 heteroatoms. The first-order chi connectivity index (χ1) is 13.1. The predicted molar refractivity (Wildman–Crippen MR) is 95.9 cm³/mol. The number of halogens is 3. The minimum atomic E-state index is -1.40. The van der Waals surface area contributed by atoms with Crippen molar-refractivity contribution in [1.82, 2.24) is 0 Å². The summed E-state index contributed by atoms with van der Waals surface area (Å²) in [6, 6.07) is 12.5. The van der Waals surface area contributed by atoms with Gasteiger partial charge in [0, 0.05) is 11.8 Å². The van der Waals surface area contributed by atoms with Crippen LogP contribution in [0, 0.1) is 23.4 Å². The lowest BCUT2D eigenvalue weighted by molar-refractivity contribution is -0.217. The molecule has 0 aromatic heterocycles. The lowest BCUT2D eigenvalue weighted by Crippen LogP contribution is -2.37.